The molecular weight excluding hydrogens is 208 g/mol. The number of rotatable bonds is 3. The van der Waals surface area contributed by atoms with Crippen molar-refractivity contribution in [1.82, 2.24) is 0 Å². The van der Waals surface area contributed by atoms with Gasteiger partial charge in [0.2, 0.25) is 0 Å². The maximum Gasteiger partial charge on any atom is 0.350 e. The van der Waals surface area contributed by atoms with Crippen LogP contribution in [0.25, 0.3) is 0 Å². The van der Waals surface area contributed by atoms with Gasteiger partial charge < -0.3 is 15.2 Å². The summed E-state index contributed by atoms with van der Waals surface area (Å²) in [6, 6.07) is 7.90. The molecule has 0 bridgehead atoms. The molecule has 5 nitrogen and oxygen atoms in total. The van der Waals surface area contributed by atoms with Gasteiger partial charge in [0.15, 0.2) is 5.57 Å². The van der Waals surface area contributed by atoms with E-state index in [9.17, 15) is 4.79 Å². The fourth-order valence-electron chi connectivity index (χ4n) is 0.960. The topological polar surface area (TPSA) is 82.4 Å². The Morgan fingerprint density at radius 3 is 2.62 bits per heavy atom. The Bertz CT molecular complexity index is 443. The van der Waals surface area contributed by atoms with Gasteiger partial charge >= 0.3 is 5.97 Å². The molecule has 0 radical (unpaired) electrons. The van der Waals surface area contributed by atoms with Gasteiger partial charge in [-0.1, -0.05) is 0 Å². The van der Waals surface area contributed by atoms with Crippen molar-refractivity contribution in [3.63, 3.8) is 0 Å². The number of hydrogen-bond donors (Lipinski definition) is 2. The number of nitrogens with one attached hydrogen (secondary N) is 1. The average molecular weight is 218 g/mol. The zero-order valence-electron chi connectivity index (χ0n) is 8.60. The van der Waals surface area contributed by atoms with Crippen LogP contribution in [0.4, 0.5) is 5.69 Å². The quantitative estimate of drug-likeness (QED) is 0.346. The predicted octanol–water partition coefficient (Wildman–Crippen LogP) is 1.38. The number of aromatic hydroxyl groups is 1. The molecule has 16 heavy (non-hydrogen) atoms. The van der Waals surface area contributed by atoms with E-state index in [4.69, 9.17) is 10.4 Å². The van der Waals surface area contributed by atoms with Crippen LogP contribution in [0.5, 0.6) is 5.75 Å². The molecule has 1 aromatic carbocycles. The van der Waals surface area contributed by atoms with Crippen molar-refractivity contribution >= 4 is 11.7 Å². The number of anilines is 1. The van der Waals surface area contributed by atoms with E-state index < -0.39 is 5.97 Å². The second kappa shape index (κ2) is 5.41. The highest BCUT2D eigenvalue weighted by atomic mass is 16.5. The summed E-state index contributed by atoms with van der Waals surface area (Å²) < 4.78 is 4.40. The number of phenolic OH excluding ortho intramolecular Hbond substituents is 1. The standard InChI is InChI=1S/C11H10N2O3/c1-16-11(15)8(6-12)7-13-9-2-4-10(14)5-3-9/h2-5,7,13-14H,1H3/b8-7-. The second-order valence-electron chi connectivity index (χ2n) is 2.85. The van der Waals surface area contributed by atoms with Crippen LogP contribution in [0.3, 0.4) is 0 Å². The van der Waals surface area contributed by atoms with Crippen LogP contribution in [0.1, 0.15) is 0 Å². The summed E-state index contributed by atoms with van der Waals surface area (Å²) in [7, 11) is 1.20. The summed E-state index contributed by atoms with van der Waals surface area (Å²) in [6.07, 6.45) is 1.25. The maximum absolute atomic E-state index is 11.0. The molecule has 0 saturated carbocycles. The lowest BCUT2D eigenvalue weighted by Crippen LogP contribution is -2.05. The first kappa shape index (κ1) is 11.6. The van der Waals surface area contributed by atoms with E-state index in [1.807, 2.05) is 0 Å². The smallest absolute Gasteiger partial charge is 0.350 e. The molecular formula is C11H10N2O3. The molecule has 1 rings (SSSR count). The van der Waals surface area contributed by atoms with Crippen molar-refractivity contribution in [3.05, 3.63) is 36.0 Å². The van der Waals surface area contributed by atoms with Gasteiger partial charge in [-0.05, 0) is 24.3 Å². The molecule has 2 N–H and O–H groups in total. The summed E-state index contributed by atoms with van der Waals surface area (Å²) in [5.74, 6) is -0.559. The number of carbonyl (C=O) groups excluding carboxylic acids is 1. The highest BCUT2D eigenvalue weighted by molar-refractivity contribution is 5.92. The van der Waals surface area contributed by atoms with Crippen LogP contribution in [0, 0.1) is 11.3 Å². The van der Waals surface area contributed by atoms with E-state index in [1.54, 1.807) is 18.2 Å². The number of phenols is 1. The van der Waals surface area contributed by atoms with Crippen LogP contribution in [0.15, 0.2) is 36.0 Å². The summed E-state index contributed by atoms with van der Waals surface area (Å²) in [5.41, 5.74) is 0.519. The first-order valence-electron chi connectivity index (χ1n) is 4.41. The Labute approximate surface area is 92.6 Å². The van der Waals surface area contributed by atoms with Gasteiger partial charge in [-0.3, -0.25) is 0 Å². The molecule has 5 heteroatoms. The summed E-state index contributed by atoms with van der Waals surface area (Å²) in [5, 5.41) is 20.4. The van der Waals surface area contributed by atoms with Gasteiger partial charge in [0.25, 0.3) is 0 Å². The number of ether oxygens (including phenoxy) is 1. The number of methoxy groups -OCH3 is 1. The van der Waals surface area contributed by atoms with Gasteiger partial charge in [0.1, 0.15) is 11.8 Å². The third kappa shape index (κ3) is 3.03. The molecule has 0 aliphatic rings. The number of nitriles is 1. The Morgan fingerprint density at radius 2 is 2.12 bits per heavy atom. The van der Waals surface area contributed by atoms with Gasteiger partial charge in [0.05, 0.1) is 7.11 Å². The molecule has 0 aliphatic heterocycles. The Kier molecular flexibility index (Phi) is 3.92. The van der Waals surface area contributed by atoms with Crippen LogP contribution in [-0.2, 0) is 9.53 Å². The van der Waals surface area contributed by atoms with E-state index in [1.165, 1.54) is 25.4 Å². The Balaban J connectivity index is 2.75. The first-order valence-corrected chi connectivity index (χ1v) is 4.41. The van der Waals surface area contributed by atoms with E-state index >= 15 is 0 Å². The van der Waals surface area contributed by atoms with E-state index in [0.29, 0.717) is 5.69 Å². The Hall–Kier alpha value is -2.48. The van der Waals surface area contributed by atoms with Gasteiger partial charge in [-0.25, -0.2) is 4.79 Å². The van der Waals surface area contributed by atoms with E-state index in [-0.39, 0.29) is 11.3 Å². The molecule has 0 atom stereocenters. The van der Waals surface area contributed by atoms with Crippen LogP contribution in [-0.4, -0.2) is 18.2 Å². The minimum atomic E-state index is -0.700. The van der Waals surface area contributed by atoms with Crippen LogP contribution >= 0.6 is 0 Å². The zero-order chi connectivity index (χ0) is 12.0. The number of hydrogen-bond acceptors (Lipinski definition) is 5. The summed E-state index contributed by atoms with van der Waals surface area (Å²) >= 11 is 0. The Morgan fingerprint density at radius 1 is 1.50 bits per heavy atom. The molecule has 0 spiro atoms. The fraction of sp³-hybridized carbons (Fsp3) is 0.0909. The molecule has 0 aromatic heterocycles. The number of nitrogens with zero attached hydrogens (tertiary/aromatic N) is 1. The molecule has 0 saturated heterocycles. The molecule has 0 heterocycles. The fourth-order valence-corrected chi connectivity index (χ4v) is 0.960. The molecule has 0 fully saturated rings. The number of esters is 1. The van der Waals surface area contributed by atoms with Crippen molar-refractivity contribution in [2.24, 2.45) is 0 Å². The summed E-state index contributed by atoms with van der Waals surface area (Å²) in [4.78, 5) is 11.0. The van der Waals surface area contributed by atoms with Crippen molar-refractivity contribution < 1.29 is 14.6 Å². The van der Waals surface area contributed by atoms with Gasteiger partial charge in [0, 0.05) is 11.9 Å². The van der Waals surface area contributed by atoms with E-state index in [0.717, 1.165) is 0 Å². The molecule has 0 unspecified atom stereocenters. The summed E-state index contributed by atoms with van der Waals surface area (Å²) in [6.45, 7) is 0. The van der Waals surface area contributed by atoms with Crippen LogP contribution in [0.2, 0.25) is 0 Å². The SMILES string of the molecule is COC(=O)/C(C#N)=C\Nc1ccc(O)cc1. The molecule has 0 amide bonds. The highest BCUT2D eigenvalue weighted by Crippen LogP contribution is 2.13. The van der Waals surface area contributed by atoms with Gasteiger partial charge in [-0.15, -0.1) is 0 Å². The second-order valence-corrected chi connectivity index (χ2v) is 2.85. The first-order chi connectivity index (χ1) is 7.67. The lowest BCUT2D eigenvalue weighted by Gasteiger charge is -2.01. The van der Waals surface area contributed by atoms with Crippen molar-refractivity contribution in [2.75, 3.05) is 12.4 Å². The van der Waals surface area contributed by atoms with Crippen molar-refractivity contribution in [3.8, 4) is 11.8 Å². The molecule has 0 aliphatic carbocycles. The molecule has 82 valence electrons. The lowest BCUT2D eigenvalue weighted by molar-refractivity contribution is -0.135. The zero-order valence-corrected chi connectivity index (χ0v) is 8.60. The maximum atomic E-state index is 11.0. The lowest BCUT2D eigenvalue weighted by atomic mass is 10.3. The number of carbonyl (C=O) groups is 1. The third-order valence-electron chi connectivity index (χ3n) is 1.78. The van der Waals surface area contributed by atoms with Gasteiger partial charge in [-0.2, -0.15) is 5.26 Å². The monoisotopic (exact) mass is 218 g/mol. The van der Waals surface area contributed by atoms with E-state index in [2.05, 4.69) is 10.1 Å². The van der Waals surface area contributed by atoms with Crippen LogP contribution < -0.4 is 5.32 Å². The molecule has 1 aromatic rings. The normalized spacial score (nSPS) is 10.4. The largest absolute Gasteiger partial charge is 0.508 e. The minimum absolute atomic E-state index is 0.129. The average Bonchev–Trinajstić information content (AvgIpc) is 2.31. The van der Waals surface area contributed by atoms with Crippen molar-refractivity contribution in [2.45, 2.75) is 0 Å². The highest BCUT2D eigenvalue weighted by Gasteiger charge is 2.07. The van der Waals surface area contributed by atoms with Crippen molar-refractivity contribution in [1.29, 1.82) is 5.26 Å². The third-order valence-corrected chi connectivity index (χ3v) is 1.78. The minimum Gasteiger partial charge on any atom is -0.508 e. The predicted molar refractivity (Wildman–Crippen MR) is 57.4 cm³/mol. The number of benzene rings is 1.